The number of aliphatic carboxylic acids is 1. The minimum atomic E-state index is -1.11. The quantitative estimate of drug-likeness (QED) is 0.548. The summed E-state index contributed by atoms with van der Waals surface area (Å²) in [5.41, 5.74) is 2.76. The number of rotatable bonds is 7. The molecule has 0 spiro atoms. The summed E-state index contributed by atoms with van der Waals surface area (Å²) >= 11 is 6.16. The van der Waals surface area contributed by atoms with Gasteiger partial charge in [0.05, 0.1) is 11.6 Å². The third-order valence-corrected chi connectivity index (χ3v) is 6.41. The van der Waals surface area contributed by atoms with E-state index < -0.39 is 12.0 Å². The minimum Gasteiger partial charge on any atom is -0.478 e. The van der Waals surface area contributed by atoms with E-state index in [-0.39, 0.29) is 29.5 Å². The summed E-state index contributed by atoms with van der Waals surface area (Å²) in [4.78, 5) is 40.9. The number of carboxylic acids is 1. The molecular weight excluding hydrogens is 466 g/mol. The van der Waals surface area contributed by atoms with Crippen molar-refractivity contribution in [2.24, 2.45) is 0 Å². The van der Waals surface area contributed by atoms with E-state index in [4.69, 9.17) is 11.6 Å². The first-order valence-corrected chi connectivity index (χ1v) is 11.9. The van der Waals surface area contributed by atoms with E-state index in [1.165, 1.54) is 4.90 Å². The van der Waals surface area contributed by atoms with Gasteiger partial charge >= 0.3 is 12.0 Å². The van der Waals surface area contributed by atoms with Crippen LogP contribution in [0.1, 0.15) is 61.6 Å². The molecule has 0 aliphatic carbocycles. The molecule has 0 saturated carbocycles. The molecule has 0 aromatic heterocycles. The van der Waals surface area contributed by atoms with Crippen molar-refractivity contribution in [1.82, 2.24) is 15.1 Å². The molecule has 7 nitrogen and oxygen atoms in total. The molecule has 2 aromatic rings. The summed E-state index contributed by atoms with van der Waals surface area (Å²) in [5.74, 6) is -1.22. The normalized spacial score (nSPS) is 16.2. The molecule has 1 aliphatic heterocycles. The van der Waals surface area contributed by atoms with Crippen molar-refractivity contribution in [3.05, 3.63) is 81.5 Å². The van der Waals surface area contributed by atoms with Crippen molar-refractivity contribution in [3.8, 4) is 0 Å². The van der Waals surface area contributed by atoms with E-state index in [9.17, 15) is 19.5 Å². The molecule has 3 amide bonds. The number of benzene rings is 2. The van der Waals surface area contributed by atoms with Crippen LogP contribution in [-0.2, 0) is 10.2 Å². The predicted octanol–water partition coefficient (Wildman–Crippen LogP) is 5.22. The van der Waals surface area contributed by atoms with Gasteiger partial charge in [0.1, 0.15) is 0 Å². The van der Waals surface area contributed by atoms with Crippen LogP contribution in [0.5, 0.6) is 0 Å². The van der Waals surface area contributed by atoms with Crippen LogP contribution in [0.3, 0.4) is 0 Å². The topological polar surface area (TPSA) is 90.0 Å². The molecule has 3 rings (SSSR count). The standard InChI is InChI=1S/C27H32ClN3O4/c1-17-22(25(33)34)23(19-8-6-9-21(28)16-19)31(26(35)29-17)15-7-14-30(5)24(32)18-10-12-20(13-11-18)27(2,3)4/h6,8-13,16,23H,7,14-15H2,1-5H3,(H,29,35)(H,33,34). The van der Waals surface area contributed by atoms with Gasteiger partial charge in [-0.05, 0) is 54.2 Å². The summed E-state index contributed by atoms with van der Waals surface area (Å²) in [6.45, 7) is 8.60. The minimum absolute atomic E-state index is 0.00359. The first kappa shape index (κ1) is 26.3. The van der Waals surface area contributed by atoms with Gasteiger partial charge in [-0.1, -0.05) is 56.6 Å². The van der Waals surface area contributed by atoms with Crippen LogP contribution >= 0.6 is 11.6 Å². The number of hydrogen-bond acceptors (Lipinski definition) is 3. The highest BCUT2D eigenvalue weighted by Crippen LogP contribution is 2.34. The van der Waals surface area contributed by atoms with Crippen molar-refractivity contribution in [2.45, 2.75) is 45.6 Å². The summed E-state index contributed by atoms with van der Waals surface area (Å²) in [5, 5.41) is 13.0. The number of halogens is 1. The van der Waals surface area contributed by atoms with Gasteiger partial charge in [0.2, 0.25) is 0 Å². The van der Waals surface area contributed by atoms with Crippen molar-refractivity contribution in [3.63, 3.8) is 0 Å². The molecule has 1 aliphatic rings. The summed E-state index contributed by atoms with van der Waals surface area (Å²) in [6, 6.07) is 13.3. The Morgan fingerprint density at radius 1 is 1.14 bits per heavy atom. The Balaban J connectivity index is 1.74. The number of carbonyl (C=O) groups is 3. The first-order chi connectivity index (χ1) is 16.4. The van der Waals surface area contributed by atoms with Crippen LogP contribution < -0.4 is 5.32 Å². The highest BCUT2D eigenvalue weighted by molar-refractivity contribution is 6.30. The molecule has 0 fully saturated rings. The lowest BCUT2D eigenvalue weighted by atomic mass is 9.86. The zero-order valence-corrected chi connectivity index (χ0v) is 21.5. The van der Waals surface area contributed by atoms with Gasteiger partial charge in [-0.25, -0.2) is 9.59 Å². The lowest BCUT2D eigenvalue weighted by molar-refractivity contribution is -0.133. The van der Waals surface area contributed by atoms with Gasteiger partial charge in [-0.3, -0.25) is 4.79 Å². The van der Waals surface area contributed by atoms with Crippen LogP contribution in [-0.4, -0.2) is 53.0 Å². The van der Waals surface area contributed by atoms with E-state index in [0.717, 1.165) is 5.56 Å². The zero-order chi connectivity index (χ0) is 25.9. The zero-order valence-electron chi connectivity index (χ0n) is 20.8. The Morgan fingerprint density at radius 2 is 1.80 bits per heavy atom. The second-order valence-electron chi connectivity index (χ2n) is 9.83. The molecule has 1 unspecified atom stereocenters. The second-order valence-corrected chi connectivity index (χ2v) is 10.3. The fourth-order valence-corrected chi connectivity index (χ4v) is 4.42. The Morgan fingerprint density at radius 3 is 2.37 bits per heavy atom. The van der Waals surface area contributed by atoms with Crippen molar-refractivity contribution >= 4 is 29.5 Å². The predicted molar refractivity (Wildman–Crippen MR) is 136 cm³/mol. The molecule has 0 bridgehead atoms. The number of allylic oxidation sites excluding steroid dienone is 1. The maximum atomic E-state index is 12.9. The van der Waals surface area contributed by atoms with Crippen LogP contribution in [0.15, 0.2) is 59.8 Å². The highest BCUT2D eigenvalue weighted by atomic mass is 35.5. The van der Waals surface area contributed by atoms with Crippen LogP contribution in [0, 0.1) is 0 Å². The molecule has 1 atom stereocenters. The number of amides is 3. The first-order valence-electron chi connectivity index (χ1n) is 11.5. The monoisotopic (exact) mass is 497 g/mol. The second kappa shape index (κ2) is 10.5. The fraction of sp³-hybridized carbons (Fsp3) is 0.370. The Hall–Kier alpha value is -3.32. The van der Waals surface area contributed by atoms with Gasteiger partial charge in [0, 0.05) is 36.4 Å². The van der Waals surface area contributed by atoms with Crippen molar-refractivity contribution < 1.29 is 19.5 Å². The van der Waals surface area contributed by atoms with Gasteiger partial charge in [0.15, 0.2) is 0 Å². The van der Waals surface area contributed by atoms with Crippen molar-refractivity contribution in [1.29, 1.82) is 0 Å². The molecular formula is C27H32ClN3O4. The maximum Gasteiger partial charge on any atom is 0.335 e. The maximum absolute atomic E-state index is 12.9. The van der Waals surface area contributed by atoms with Gasteiger partial charge < -0.3 is 20.2 Å². The molecule has 2 aromatic carbocycles. The molecule has 0 saturated heterocycles. The van der Waals surface area contributed by atoms with Gasteiger partial charge in [0.25, 0.3) is 5.91 Å². The van der Waals surface area contributed by atoms with E-state index >= 15 is 0 Å². The van der Waals surface area contributed by atoms with Crippen LogP contribution in [0.25, 0.3) is 0 Å². The molecule has 186 valence electrons. The Labute approximate surface area is 211 Å². The van der Waals surface area contributed by atoms with Crippen LogP contribution in [0.4, 0.5) is 4.79 Å². The Bertz CT molecular complexity index is 1150. The number of hydrogen-bond donors (Lipinski definition) is 2. The van der Waals surface area contributed by atoms with E-state index in [1.54, 1.807) is 43.1 Å². The SMILES string of the molecule is CC1=C(C(=O)O)C(c2cccc(Cl)c2)N(CCCN(C)C(=O)c2ccc(C(C)(C)C)cc2)C(=O)N1. The third-order valence-electron chi connectivity index (χ3n) is 6.18. The average Bonchev–Trinajstić information content (AvgIpc) is 2.78. The molecule has 1 heterocycles. The largest absolute Gasteiger partial charge is 0.478 e. The van der Waals surface area contributed by atoms with E-state index in [1.807, 2.05) is 24.3 Å². The third kappa shape index (κ3) is 6.03. The lowest BCUT2D eigenvalue weighted by Crippen LogP contribution is -2.49. The molecule has 35 heavy (non-hydrogen) atoms. The van der Waals surface area contributed by atoms with Gasteiger partial charge in [-0.15, -0.1) is 0 Å². The fourth-order valence-electron chi connectivity index (χ4n) is 4.22. The average molecular weight is 498 g/mol. The van der Waals surface area contributed by atoms with Gasteiger partial charge in [-0.2, -0.15) is 0 Å². The smallest absolute Gasteiger partial charge is 0.335 e. The summed E-state index contributed by atoms with van der Waals surface area (Å²) < 4.78 is 0. The number of nitrogens with zero attached hydrogens (tertiary/aromatic N) is 2. The number of carbonyl (C=O) groups excluding carboxylic acids is 2. The number of carboxylic acid groups (broad SMARTS) is 1. The number of nitrogens with one attached hydrogen (secondary N) is 1. The Kier molecular flexibility index (Phi) is 7.90. The van der Waals surface area contributed by atoms with E-state index in [0.29, 0.717) is 34.8 Å². The lowest BCUT2D eigenvalue weighted by Gasteiger charge is -2.37. The molecule has 0 radical (unpaired) electrons. The molecule has 2 N–H and O–H groups in total. The molecule has 8 heteroatoms. The van der Waals surface area contributed by atoms with Crippen LogP contribution in [0.2, 0.25) is 5.02 Å². The number of urea groups is 1. The summed E-state index contributed by atoms with van der Waals surface area (Å²) in [7, 11) is 1.72. The highest BCUT2D eigenvalue weighted by Gasteiger charge is 2.37. The van der Waals surface area contributed by atoms with Crippen molar-refractivity contribution in [2.75, 3.05) is 20.1 Å². The van der Waals surface area contributed by atoms with E-state index in [2.05, 4.69) is 26.1 Å². The summed E-state index contributed by atoms with van der Waals surface area (Å²) in [6.07, 6.45) is 0.471.